The summed E-state index contributed by atoms with van der Waals surface area (Å²) in [6, 6.07) is 9.29. The van der Waals surface area contributed by atoms with Crippen LogP contribution >= 0.6 is 0 Å². The van der Waals surface area contributed by atoms with Crippen LogP contribution in [0.3, 0.4) is 0 Å². The van der Waals surface area contributed by atoms with Crippen molar-refractivity contribution in [3.05, 3.63) is 53.4 Å². The molecule has 0 aliphatic heterocycles. The second-order valence-corrected chi connectivity index (χ2v) is 5.42. The Labute approximate surface area is 127 Å². The van der Waals surface area contributed by atoms with Crippen molar-refractivity contribution >= 4 is 11.9 Å². The van der Waals surface area contributed by atoms with Gasteiger partial charge in [0.2, 0.25) is 5.91 Å². The second kappa shape index (κ2) is 6.01. The first-order valence-corrected chi connectivity index (χ1v) is 7.16. The lowest BCUT2D eigenvalue weighted by Crippen LogP contribution is -2.34. The predicted octanol–water partition coefficient (Wildman–Crippen LogP) is 2.04. The molecule has 6 nitrogen and oxygen atoms in total. The van der Waals surface area contributed by atoms with Crippen molar-refractivity contribution in [1.29, 1.82) is 0 Å². The smallest absolute Gasteiger partial charge is 0.330 e. The fourth-order valence-electron chi connectivity index (χ4n) is 2.29. The number of carbonyl (C=O) groups excluding carboxylic acids is 1. The van der Waals surface area contributed by atoms with Gasteiger partial charge in [-0.3, -0.25) is 4.79 Å². The molecule has 1 aliphatic carbocycles. The summed E-state index contributed by atoms with van der Waals surface area (Å²) >= 11 is 0. The highest BCUT2D eigenvalue weighted by Gasteiger charge is 2.28. The van der Waals surface area contributed by atoms with E-state index in [1.54, 1.807) is 36.4 Å². The Kier molecular flexibility index (Phi) is 3.91. The SMILES string of the molecule is O=C(Cc1cc(C2CC2)no1)NC(C(=O)O)c1ccccc1. The van der Waals surface area contributed by atoms with Crippen molar-refractivity contribution in [2.24, 2.45) is 0 Å². The van der Waals surface area contributed by atoms with Gasteiger partial charge in [0.1, 0.15) is 5.76 Å². The third-order valence-electron chi connectivity index (χ3n) is 3.59. The molecule has 1 atom stereocenters. The van der Waals surface area contributed by atoms with Gasteiger partial charge in [-0.25, -0.2) is 4.79 Å². The average Bonchev–Trinajstić information content (AvgIpc) is 3.26. The minimum Gasteiger partial charge on any atom is -0.479 e. The Morgan fingerprint density at radius 1 is 1.32 bits per heavy atom. The molecule has 1 unspecified atom stereocenters. The highest BCUT2D eigenvalue weighted by molar-refractivity contribution is 5.85. The predicted molar refractivity (Wildman–Crippen MR) is 77.1 cm³/mol. The quantitative estimate of drug-likeness (QED) is 0.851. The van der Waals surface area contributed by atoms with E-state index in [9.17, 15) is 14.7 Å². The summed E-state index contributed by atoms with van der Waals surface area (Å²) in [5.74, 6) is -0.598. The molecule has 3 rings (SSSR count). The van der Waals surface area contributed by atoms with Crippen molar-refractivity contribution < 1.29 is 19.2 Å². The third kappa shape index (κ3) is 3.33. The first kappa shape index (κ1) is 14.3. The lowest BCUT2D eigenvalue weighted by molar-refractivity contribution is -0.142. The Morgan fingerprint density at radius 3 is 2.68 bits per heavy atom. The largest absolute Gasteiger partial charge is 0.479 e. The summed E-state index contributed by atoms with van der Waals surface area (Å²) in [5.41, 5.74) is 1.40. The second-order valence-electron chi connectivity index (χ2n) is 5.42. The van der Waals surface area contributed by atoms with E-state index in [2.05, 4.69) is 10.5 Å². The number of hydrogen-bond acceptors (Lipinski definition) is 4. The van der Waals surface area contributed by atoms with Crippen molar-refractivity contribution in [2.45, 2.75) is 31.2 Å². The maximum atomic E-state index is 12.0. The molecule has 1 saturated carbocycles. The molecule has 6 heteroatoms. The molecule has 114 valence electrons. The fraction of sp³-hybridized carbons (Fsp3) is 0.312. The van der Waals surface area contributed by atoms with Crippen LogP contribution in [0.25, 0.3) is 0 Å². The zero-order valence-corrected chi connectivity index (χ0v) is 11.9. The zero-order valence-electron chi connectivity index (χ0n) is 11.9. The van der Waals surface area contributed by atoms with Gasteiger partial charge in [0.05, 0.1) is 12.1 Å². The zero-order chi connectivity index (χ0) is 15.5. The monoisotopic (exact) mass is 300 g/mol. The summed E-state index contributed by atoms with van der Waals surface area (Å²) < 4.78 is 5.13. The van der Waals surface area contributed by atoms with Gasteiger partial charge in [0, 0.05) is 12.0 Å². The Balaban J connectivity index is 1.64. The van der Waals surface area contributed by atoms with Crippen LogP contribution in [0.5, 0.6) is 0 Å². The van der Waals surface area contributed by atoms with Crippen LogP contribution in [-0.2, 0) is 16.0 Å². The number of hydrogen-bond donors (Lipinski definition) is 2. The van der Waals surface area contributed by atoms with E-state index in [-0.39, 0.29) is 6.42 Å². The lowest BCUT2D eigenvalue weighted by atomic mass is 10.1. The van der Waals surface area contributed by atoms with Gasteiger partial charge in [0.25, 0.3) is 0 Å². The van der Waals surface area contributed by atoms with E-state index in [4.69, 9.17) is 4.52 Å². The van der Waals surface area contributed by atoms with Gasteiger partial charge in [-0.05, 0) is 18.4 Å². The summed E-state index contributed by atoms with van der Waals surface area (Å²) in [6.07, 6.45) is 2.19. The molecule has 1 aromatic heterocycles. The molecular formula is C16H16N2O4. The number of carboxylic acids is 1. The topological polar surface area (TPSA) is 92.4 Å². The Bertz CT molecular complexity index is 676. The highest BCUT2D eigenvalue weighted by atomic mass is 16.5. The summed E-state index contributed by atoms with van der Waals surface area (Å²) in [6.45, 7) is 0. The molecule has 1 amide bonds. The number of carboxylic acid groups (broad SMARTS) is 1. The molecule has 0 bridgehead atoms. The maximum Gasteiger partial charge on any atom is 0.330 e. The summed E-state index contributed by atoms with van der Waals surface area (Å²) in [5, 5.41) is 15.7. The molecule has 1 aliphatic rings. The number of nitrogens with one attached hydrogen (secondary N) is 1. The molecule has 1 fully saturated rings. The average molecular weight is 300 g/mol. The Hall–Kier alpha value is -2.63. The van der Waals surface area contributed by atoms with Gasteiger partial charge >= 0.3 is 5.97 Å². The van der Waals surface area contributed by atoms with E-state index < -0.39 is 17.9 Å². The van der Waals surface area contributed by atoms with Crippen molar-refractivity contribution in [3.8, 4) is 0 Å². The molecule has 2 aromatic rings. The van der Waals surface area contributed by atoms with Crippen LogP contribution in [-0.4, -0.2) is 22.1 Å². The number of nitrogens with zero attached hydrogens (tertiary/aromatic N) is 1. The molecule has 0 saturated heterocycles. The maximum absolute atomic E-state index is 12.0. The van der Waals surface area contributed by atoms with E-state index in [1.807, 2.05) is 0 Å². The first-order chi connectivity index (χ1) is 10.6. The molecule has 2 N–H and O–H groups in total. The number of rotatable bonds is 6. The third-order valence-corrected chi connectivity index (χ3v) is 3.59. The molecule has 1 heterocycles. The van der Waals surface area contributed by atoms with Crippen LogP contribution in [0, 0.1) is 0 Å². The van der Waals surface area contributed by atoms with Crippen LogP contribution in [0.4, 0.5) is 0 Å². The summed E-state index contributed by atoms with van der Waals surface area (Å²) in [4.78, 5) is 23.4. The number of carbonyl (C=O) groups is 2. The molecule has 0 radical (unpaired) electrons. The van der Waals surface area contributed by atoms with Crippen molar-refractivity contribution in [2.75, 3.05) is 0 Å². The normalized spacial score (nSPS) is 15.3. The number of benzene rings is 1. The Morgan fingerprint density at radius 2 is 2.05 bits per heavy atom. The van der Waals surface area contributed by atoms with Crippen molar-refractivity contribution in [1.82, 2.24) is 10.5 Å². The van der Waals surface area contributed by atoms with Crippen molar-refractivity contribution in [3.63, 3.8) is 0 Å². The van der Waals surface area contributed by atoms with Crippen LogP contribution < -0.4 is 5.32 Å². The fourth-order valence-corrected chi connectivity index (χ4v) is 2.29. The van der Waals surface area contributed by atoms with E-state index in [1.165, 1.54) is 0 Å². The van der Waals surface area contributed by atoms with E-state index >= 15 is 0 Å². The number of aliphatic carboxylic acids is 1. The molecular weight excluding hydrogens is 284 g/mol. The minimum atomic E-state index is -1.10. The lowest BCUT2D eigenvalue weighted by Gasteiger charge is -2.14. The van der Waals surface area contributed by atoms with Gasteiger partial charge in [-0.2, -0.15) is 0 Å². The van der Waals surface area contributed by atoms with E-state index in [0.717, 1.165) is 18.5 Å². The van der Waals surface area contributed by atoms with Crippen LogP contribution in [0.15, 0.2) is 40.9 Å². The molecule has 0 spiro atoms. The van der Waals surface area contributed by atoms with Gasteiger partial charge in [-0.1, -0.05) is 35.5 Å². The highest BCUT2D eigenvalue weighted by Crippen LogP contribution is 2.39. The van der Waals surface area contributed by atoms with E-state index in [0.29, 0.717) is 17.2 Å². The number of amides is 1. The molecule has 22 heavy (non-hydrogen) atoms. The van der Waals surface area contributed by atoms with Gasteiger partial charge in [-0.15, -0.1) is 0 Å². The number of aromatic nitrogens is 1. The first-order valence-electron chi connectivity index (χ1n) is 7.16. The van der Waals surface area contributed by atoms with Gasteiger partial charge in [0.15, 0.2) is 6.04 Å². The standard InChI is InChI=1S/C16H16N2O4/c19-14(9-12-8-13(18-22-12)10-6-7-10)17-15(16(20)21)11-4-2-1-3-5-11/h1-5,8,10,15H,6-7,9H2,(H,17,19)(H,20,21). The summed E-state index contributed by atoms with van der Waals surface area (Å²) in [7, 11) is 0. The van der Waals surface area contributed by atoms with Crippen LogP contribution in [0.2, 0.25) is 0 Å². The minimum absolute atomic E-state index is 0.0175. The van der Waals surface area contributed by atoms with Gasteiger partial charge < -0.3 is 14.9 Å². The van der Waals surface area contributed by atoms with Crippen LogP contribution in [0.1, 0.15) is 41.8 Å². The molecule has 1 aromatic carbocycles.